The first-order valence-corrected chi connectivity index (χ1v) is 7.79. The van der Waals surface area contributed by atoms with Crippen molar-refractivity contribution < 1.29 is 14.3 Å². The summed E-state index contributed by atoms with van der Waals surface area (Å²) in [6.45, 7) is 9.51. The van der Waals surface area contributed by atoms with Crippen LogP contribution in [0.3, 0.4) is 0 Å². The van der Waals surface area contributed by atoms with Gasteiger partial charge in [-0.05, 0) is 38.5 Å². The van der Waals surface area contributed by atoms with Crippen molar-refractivity contribution in [1.82, 2.24) is 5.32 Å². The van der Waals surface area contributed by atoms with Gasteiger partial charge in [0.05, 0.1) is 6.61 Å². The fraction of sp³-hybridized carbons (Fsp3) is 0.529. The summed E-state index contributed by atoms with van der Waals surface area (Å²) in [5.74, 6) is -0.635. The second-order valence-electron chi connectivity index (χ2n) is 5.05. The van der Waals surface area contributed by atoms with Gasteiger partial charge < -0.3 is 15.0 Å². The minimum Gasteiger partial charge on any atom is -0.464 e. The Morgan fingerprint density at radius 1 is 1.23 bits per heavy atom. The molecule has 0 aliphatic carbocycles. The molecule has 1 aromatic carbocycles. The standard InChI is InChI=1S/C17H26N2O3/c1-5-19(6-2)15-10-8-9-14(11-15)12-16(18-13(4)20)17(21)22-7-3/h8-11,16H,5-7,12H2,1-4H3,(H,18,20)/t16-/m0/s1. The fourth-order valence-electron chi connectivity index (χ4n) is 2.39. The number of nitrogens with zero attached hydrogens (tertiary/aromatic N) is 1. The quantitative estimate of drug-likeness (QED) is 0.748. The average molecular weight is 306 g/mol. The Balaban J connectivity index is 2.90. The predicted molar refractivity (Wildman–Crippen MR) is 87.9 cm³/mol. The van der Waals surface area contributed by atoms with Gasteiger partial charge in [-0.1, -0.05) is 12.1 Å². The van der Waals surface area contributed by atoms with Crippen LogP contribution in [0.2, 0.25) is 0 Å². The van der Waals surface area contributed by atoms with Gasteiger partial charge in [0.1, 0.15) is 6.04 Å². The second-order valence-corrected chi connectivity index (χ2v) is 5.05. The van der Waals surface area contributed by atoms with Gasteiger partial charge in [-0.2, -0.15) is 0 Å². The van der Waals surface area contributed by atoms with E-state index < -0.39 is 12.0 Å². The van der Waals surface area contributed by atoms with Crippen molar-refractivity contribution in [1.29, 1.82) is 0 Å². The molecule has 0 bridgehead atoms. The molecule has 0 fully saturated rings. The Kier molecular flexibility index (Phi) is 7.43. The van der Waals surface area contributed by atoms with E-state index in [1.54, 1.807) is 6.92 Å². The third-order valence-corrected chi connectivity index (χ3v) is 3.43. The summed E-state index contributed by atoms with van der Waals surface area (Å²) in [5, 5.41) is 2.66. The molecule has 0 aromatic heterocycles. The first-order chi connectivity index (χ1) is 10.5. The third kappa shape index (κ3) is 5.39. The third-order valence-electron chi connectivity index (χ3n) is 3.43. The molecule has 1 rings (SSSR count). The molecule has 1 amide bonds. The predicted octanol–water partition coefficient (Wildman–Crippen LogP) is 2.14. The number of hydrogen-bond acceptors (Lipinski definition) is 4. The van der Waals surface area contributed by atoms with E-state index in [2.05, 4.69) is 30.1 Å². The molecular weight excluding hydrogens is 280 g/mol. The first kappa shape index (κ1) is 18.0. The zero-order valence-electron chi connectivity index (χ0n) is 13.9. The Labute approximate surface area is 132 Å². The van der Waals surface area contributed by atoms with Crippen LogP contribution in [-0.4, -0.2) is 37.6 Å². The van der Waals surface area contributed by atoms with Gasteiger partial charge in [0, 0.05) is 32.1 Å². The van der Waals surface area contributed by atoms with Crippen LogP contribution in [0.25, 0.3) is 0 Å². The van der Waals surface area contributed by atoms with Crippen LogP contribution < -0.4 is 10.2 Å². The molecule has 0 unspecified atom stereocenters. The summed E-state index contributed by atoms with van der Waals surface area (Å²) in [5.41, 5.74) is 2.11. The molecule has 0 spiro atoms. The molecule has 1 atom stereocenters. The topological polar surface area (TPSA) is 58.6 Å². The Morgan fingerprint density at radius 2 is 1.91 bits per heavy atom. The van der Waals surface area contributed by atoms with Crippen molar-refractivity contribution in [3.05, 3.63) is 29.8 Å². The number of benzene rings is 1. The minimum absolute atomic E-state index is 0.238. The monoisotopic (exact) mass is 306 g/mol. The van der Waals surface area contributed by atoms with E-state index in [1.807, 2.05) is 18.2 Å². The maximum Gasteiger partial charge on any atom is 0.328 e. The lowest BCUT2D eigenvalue weighted by Crippen LogP contribution is -2.42. The molecule has 1 aromatic rings. The summed E-state index contributed by atoms with van der Waals surface area (Å²) in [6, 6.07) is 7.39. The zero-order chi connectivity index (χ0) is 16.5. The van der Waals surface area contributed by atoms with Crippen molar-refractivity contribution in [3.8, 4) is 0 Å². The minimum atomic E-state index is -0.649. The number of amides is 1. The van der Waals surface area contributed by atoms with E-state index in [4.69, 9.17) is 4.74 Å². The van der Waals surface area contributed by atoms with Gasteiger partial charge in [-0.25, -0.2) is 4.79 Å². The molecule has 22 heavy (non-hydrogen) atoms. The Morgan fingerprint density at radius 3 is 2.45 bits per heavy atom. The smallest absolute Gasteiger partial charge is 0.328 e. The lowest BCUT2D eigenvalue weighted by atomic mass is 10.0. The Bertz CT molecular complexity index is 498. The van der Waals surface area contributed by atoms with Crippen LogP contribution in [0.15, 0.2) is 24.3 Å². The van der Waals surface area contributed by atoms with E-state index in [1.165, 1.54) is 6.92 Å². The lowest BCUT2D eigenvalue weighted by molar-refractivity contribution is -0.147. The normalized spacial score (nSPS) is 11.6. The van der Waals surface area contributed by atoms with E-state index in [-0.39, 0.29) is 5.91 Å². The number of hydrogen-bond donors (Lipinski definition) is 1. The number of carbonyl (C=O) groups excluding carboxylic acids is 2. The SMILES string of the molecule is CCOC(=O)[C@H](Cc1cccc(N(CC)CC)c1)NC(C)=O. The molecule has 0 aliphatic heterocycles. The molecular formula is C17H26N2O3. The number of esters is 1. The van der Waals surface area contributed by atoms with Gasteiger partial charge in [0.15, 0.2) is 0 Å². The number of nitrogens with one attached hydrogen (secondary N) is 1. The van der Waals surface area contributed by atoms with Gasteiger partial charge in [-0.3, -0.25) is 4.79 Å². The molecule has 0 saturated carbocycles. The summed E-state index contributed by atoms with van der Waals surface area (Å²) in [7, 11) is 0. The van der Waals surface area contributed by atoms with Crippen molar-refractivity contribution in [3.63, 3.8) is 0 Å². The molecule has 122 valence electrons. The van der Waals surface area contributed by atoms with E-state index in [0.29, 0.717) is 13.0 Å². The van der Waals surface area contributed by atoms with E-state index >= 15 is 0 Å². The fourth-order valence-corrected chi connectivity index (χ4v) is 2.39. The average Bonchev–Trinajstić information content (AvgIpc) is 2.48. The van der Waals surface area contributed by atoms with Crippen LogP contribution in [0.4, 0.5) is 5.69 Å². The van der Waals surface area contributed by atoms with Crippen LogP contribution in [0.5, 0.6) is 0 Å². The van der Waals surface area contributed by atoms with Gasteiger partial charge in [0.2, 0.25) is 5.91 Å². The maximum atomic E-state index is 12.0. The largest absolute Gasteiger partial charge is 0.464 e. The Hall–Kier alpha value is -2.04. The van der Waals surface area contributed by atoms with Crippen LogP contribution in [-0.2, 0) is 20.7 Å². The molecule has 1 N–H and O–H groups in total. The molecule has 5 nitrogen and oxygen atoms in total. The number of ether oxygens (including phenoxy) is 1. The van der Waals surface area contributed by atoms with E-state index in [9.17, 15) is 9.59 Å². The van der Waals surface area contributed by atoms with Crippen molar-refractivity contribution in [2.75, 3.05) is 24.6 Å². The molecule has 0 saturated heterocycles. The highest BCUT2D eigenvalue weighted by Gasteiger charge is 2.21. The highest BCUT2D eigenvalue weighted by Crippen LogP contribution is 2.17. The number of anilines is 1. The summed E-state index contributed by atoms with van der Waals surface area (Å²) in [4.78, 5) is 25.5. The van der Waals surface area contributed by atoms with E-state index in [0.717, 1.165) is 24.3 Å². The van der Waals surface area contributed by atoms with Gasteiger partial charge in [-0.15, -0.1) is 0 Å². The summed E-state index contributed by atoms with van der Waals surface area (Å²) in [6.07, 6.45) is 0.424. The van der Waals surface area contributed by atoms with Crippen molar-refractivity contribution >= 4 is 17.6 Å². The molecule has 0 radical (unpaired) electrons. The zero-order valence-corrected chi connectivity index (χ0v) is 13.9. The second kappa shape index (κ2) is 9.07. The highest BCUT2D eigenvalue weighted by molar-refractivity contribution is 5.83. The summed E-state index contributed by atoms with van der Waals surface area (Å²) < 4.78 is 5.03. The van der Waals surface area contributed by atoms with Crippen LogP contribution >= 0.6 is 0 Å². The lowest BCUT2D eigenvalue weighted by Gasteiger charge is -2.22. The van der Waals surface area contributed by atoms with Crippen LogP contribution in [0, 0.1) is 0 Å². The molecule has 0 aliphatic rings. The van der Waals surface area contributed by atoms with Crippen molar-refractivity contribution in [2.24, 2.45) is 0 Å². The van der Waals surface area contributed by atoms with Gasteiger partial charge >= 0.3 is 5.97 Å². The number of carbonyl (C=O) groups is 2. The summed E-state index contributed by atoms with van der Waals surface area (Å²) >= 11 is 0. The molecule has 0 heterocycles. The van der Waals surface area contributed by atoms with Crippen molar-refractivity contribution in [2.45, 2.75) is 40.2 Å². The highest BCUT2D eigenvalue weighted by atomic mass is 16.5. The van der Waals surface area contributed by atoms with Gasteiger partial charge in [0.25, 0.3) is 0 Å². The van der Waals surface area contributed by atoms with Crippen LogP contribution in [0.1, 0.15) is 33.3 Å². The molecule has 5 heteroatoms. The first-order valence-electron chi connectivity index (χ1n) is 7.79. The maximum absolute atomic E-state index is 12.0. The number of rotatable bonds is 8.